The summed E-state index contributed by atoms with van der Waals surface area (Å²) in [5.41, 5.74) is 3.46. The van der Waals surface area contributed by atoms with Crippen LogP contribution in [0.4, 0.5) is 10.3 Å². The van der Waals surface area contributed by atoms with Gasteiger partial charge in [0.2, 0.25) is 11.9 Å². The number of imidazole rings is 1. The van der Waals surface area contributed by atoms with Crippen LogP contribution in [0.1, 0.15) is 15.9 Å². The number of amides is 2. The quantitative estimate of drug-likeness (QED) is 0.305. The number of nitrogens with zero attached hydrogens (tertiary/aromatic N) is 3. The van der Waals surface area contributed by atoms with Crippen molar-refractivity contribution in [2.75, 3.05) is 18.4 Å². The number of aromatic nitrogens is 2. The molecule has 3 aromatic carbocycles. The van der Waals surface area contributed by atoms with Gasteiger partial charge in [0.25, 0.3) is 5.91 Å². The number of halogens is 2. The van der Waals surface area contributed by atoms with Crippen molar-refractivity contribution in [2.45, 2.75) is 6.92 Å². The second-order valence-corrected chi connectivity index (χ2v) is 8.58. The van der Waals surface area contributed by atoms with E-state index in [0.29, 0.717) is 16.9 Å². The number of rotatable bonds is 8. The van der Waals surface area contributed by atoms with Gasteiger partial charge in [-0.2, -0.15) is 0 Å². The predicted molar refractivity (Wildman–Crippen MR) is 140 cm³/mol. The highest BCUT2D eigenvalue weighted by atomic mass is 35.5. The number of benzene rings is 3. The smallest absolute Gasteiger partial charge is 0.254 e. The zero-order valence-corrected chi connectivity index (χ0v) is 20.4. The van der Waals surface area contributed by atoms with Crippen molar-refractivity contribution in [1.29, 1.82) is 0 Å². The first-order valence-corrected chi connectivity index (χ1v) is 11.6. The molecule has 0 saturated heterocycles. The highest BCUT2D eigenvalue weighted by Crippen LogP contribution is 2.26. The molecule has 2 amide bonds. The fraction of sp³-hybridized carbons (Fsp3) is 0.107. The van der Waals surface area contributed by atoms with E-state index in [0.717, 1.165) is 11.1 Å². The van der Waals surface area contributed by atoms with E-state index >= 15 is 0 Å². The molecule has 1 heterocycles. The Kier molecular flexibility index (Phi) is 7.61. The van der Waals surface area contributed by atoms with Gasteiger partial charge in [-0.25, -0.2) is 9.37 Å². The number of hydrogen-bond donors (Lipinski definition) is 1. The Hall–Kier alpha value is -4.23. The average molecular weight is 503 g/mol. The van der Waals surface area contributed by atoms with E-state index in [1.165, 1.54) is 23.1 Å². The van der Waals surface area contributed by atoms with Crippen LogP contribution in [0, 0.1) is 12.7 Å². The monoisotopic (exact) mass is 502 g/mol. The van der Waals surface area contributed by atoms with Crippen molar-refractivity contribution < 1.29 is 14.0 Å². The van der Waals surface area contributed by atoms with E-state index < -0.39 is 11.7 Å². The van der Waals surface area contributed by atoms with Gasteiger partial charge in [0.05, 0.1) is 16.4 Å². The number of carbonyl (C=O) groups is 2. The minimum Gasteiger partial charge on any atom is -0.326 e. The molecular formula is C28H24ClFN4O2. The van der Waals surface area contributed by atoms with Crippen LogP contribution in [0.5, 0.6) is 0 Å². The molecule has 0 unspecified atom stereocenters. The second-order valence-electron chi connectivity index (χ2n) is 8.17. The van der Waals surface area contributed by atoms with E-state index in [4.69, 9.17) is 11.6 Å². The summed E-state index contributed by atoms with van der Waals surface area (Å²) < 4.78 is 15.4. The fourth-order valence-corrected chi connectivity index (χ4v) is 3.81. The summed E-state index contributed by atoms with van der Waals surface area (Å²) in [7, 11) is 0. The molecule has 182 valence electrons. The summed E-state index contributed by atoms with van der Waals surface area (Å²) in [5.74, 6) is -1.08. The largest absolute Gasteiger partial charge is 0.326 e. The molecule has 1 N–H and O–H groups in total. The summed E-state index contributed by atoms with van der Waals surface area (Å²) >= 11 is 6.00. The molecule has 0 spiro atoms. The highest BCUT2D eigenvalue weighted by molar-refractivity contribution is 6.30. The Morgan fingerprint density at radius 3 is 2.50 bits per heavy atom. The van der Waals surface area contributed by atoms with Gasteiger partial charge in [-0.15, -0.1) is 6.58 Å². The van der Waals surface area contributed by atoms with Crippen molar-refractivity contribution >= 4 is 29.4 Å². The van der Waals surface area contributed by atoms with Gasteiger partial charge in [-0.1, -0.05) is 65.7 Å². The first-order valence-electron chi connectivity index (χ1n) is 11.2. The Balaban J connectivity index is 1.62. The lowest BCUT2D eigenvalue weighted by Crippen LogP contribution is -2.38. The summed E-state index contributed by atoms with van der Waals surface area (Å²) in [4.78, 5) is 32.0. The van der Waals surface area contributed by atoms with E-state index in [2.05, 4.69) is 16.9 Å². The summed E-state index contributed by atoms with van der Waals surface area (Å²) in [6.45, 7) is 5.62. The van der Waals surface area contributed by atoms with Crippen LogP contribution in [-0.2, 0) is 4.79 Å². The van der Waals surface area contributed by atoms with E-state index in [1.807, 2.05) is 49.4 Å². The molecule has 0 bridgehead atoms. The zero-order chi connectivity index (χ0) is 25.7. The van der Waals surface area contributed by atoms with Crippen LogP contribution in [-0.4, -0.2) is 39.4 Å². The van der Waals surface area contributed by atoms with E-state index in [1.54, 1.807) is 29.0 Å². The van der Waals surface area contributed by atoms with Crippen LogP contribution < -0.4 is 5.32 Å². The number of aryl methyl sites for hydroxylation is 1. The molecule has 1 aromatic heterocycles. The third-order valence-electron chi connectivity index (χ3n) is 5.48. The molecule has 0 radical (unpaired) electrons. The van der Waals surface area contributed by atoms with Crippen LogP contribution in [0.2, 0.25) is 5.02 Å². The molecule has 0 saturated carbocycles. The van der Waals surface area contributed by atoms with Crippen molar-refractivity contribution in [3.05, 3.63) is 114 Å². The van der Waals surface area contributed by atoms with Gasteiger partial charge in [0.1, 0.15) is 12.4 Å². The number of carbonyl (C=O) groups excluding carboxylic acids is 2. The average Bonchev–Trinajstić information content (AvgIpc) is 3.29. The van der Waals surface area contributed by atoms with Crippen LogP contribution in [0.3, 0.4) is 0 Å². The first-order chi connectivity index (χ1) is 17.4. The minimum atomic E-state index is -0.552. The molecular weight excluding hydrogens is 479 g/mol. The number of anilines is 1. The maximum absolute atomic E-state index is 13.8. The SMILES string of the molecule is C=CCN(CC(=O)Nc1nc(-c2ccccc2)cn1-c1ccc(F)c(Cl)c1)C(=O)c1ccc(C)cc1. The third-order valence-corrected chi connectivity index (χ3v) is 5.77. The Labute approximate surface area is 213 Å². The lowest BCUT2D eigenvalue weighted by Gasteiger charge is -2.21. The molecule has 0 fully saturated rings. The molecule has 36 heavy (non-hydrogen) atoms. The summed E-state index contributed by atoms with van der Waals surface area (Å²) in [6.07, 6.45) is 3.29. The number of nitrogens with one attached hydrogen (secondary N) is 1. The third kappa shape index (κ3) is 5.70. The molecule has 6 nitrogen and oxygen atoms in total. The second kappa shape index (κ2) is 11.0. The standard InChI is InChI=1S/C28H24ClFN4O2/c1-3-15-33(27(36)21-11-9-19(2)10-12-21)18-26(35)32-28-31-25(20-7-5-4-6-8-20)17-34(28)22-13-14-24(30)23(29)16-22/h3-14,16-17H,1,15,18H2,2H3,(H,31,32,35). The van der Waals surface area contributed by atoms with E-state index in [9.17, 15) is 14.0 Å². The van der Waals surface area contributed by atoms with Gasteiger partial charge in [0, 0.05) is 23.9 Å². The molecule has 0 aliphatic heterocycles. The zero-order valence-electron chi connectivity index (χ0n) is 19.6. The Bertz CT molecular complexity index is 1400. The molecule has 8 heteroatoms. The topological polar surface area (TPSA) is 67.2 Å². The summed E-state index contributed by atoms with van der Waals surface area (Å²) in [5, 5.41) is 2.73. The van der Waals surface area contributed by atoms with Crippen LogP contribution >= 0.6 is 11.6 Å². The minimum absolute atomic E-state index is 0.0550. The maximum Gasteiger partial charge on any atom is 0.254 e. The lowest BCUT2D eigenvalue weighted by molar-refractivity contribution is -0.116. The van der Waals surface area contributed by atoms with Gasteiger partial charge in [-0.3, -0.25) is 19.5 Å². The van der Waals surface area contributed by atoms with Crippen LogP contribution in [0.25, 0.3) is 16.9 Å². The summed E-state index contributed by atoms with van der Waals surface area (Å²) in [6, 6.07) is 20.8. The highest BCUT2D eigenvalue weighted by Gasteiger charge is 2.20. The molecule has 4 rings (SSSR count). The van der Waals surface area contributed by atoms with Gasteiger partial charge < -0.3 is 4.90 Å². The lowest BCUT2D eigenvalue weighted by atomic mass is 10.1. The molecule has 0 aliphatic carbocycles. The molecule has 4 aromatic rings. The van der Waals surface area contributed by atoms with Gasteiger partial charge >= 0.3 is 0 Å². The normalized spacial score (nSPS) is 10.6. The first kappa shape index (κ1) is 24.9. The van der Waals surface area contributed by atoms with Crippen molar-refractivity contribution in [3.63, 3.8) is 0 Å². The van der Waals surface area contributed by atoms with Crippen molar-refractivity contribution in [3.8, 4) is 16.9 Å². The van der Waals surface area contributed by atoms with Gasteiger partial charge in [0.15, 0.2) is 0 Å². The maximum atomic E-state index is 13.8. The Morgan fingerprint density at radius 1 is 1.11 bits per heavy atom. The fourth-order valence-electron chi connectivity index (χ4n) is 3.64. The van der Waals surface area contributed by atoms with E-state index in [-0.39, 0.29) is 30.0 Å². The molecule has 0 aliphatic rings. The Morgan fingerprint density at radius 2 is 1.83 bits per heavy atom. The molecule has 0 atom stereocenters. The number of hydrogen-bond acceptors (Lipinski definition) is 3. The van der Waals surface area contributed by atoms with Crippen LogP contribution in [0.15, 0.2) is 91.6 Å². The van der Waals surface area contributed by atoms with Gasteiger partial charge in [-0.05, 0) is 37.3 Å². The van der Waals surface area contributed by atoms with Crippen molar-refractivity contribution in [2.24, 2.45) is 0 Å². The van der Waals surface area contributed by atoms with Crippen molar-refractivity contribution in [1.82, 2.24) is 14.5 Å². The predicted octanol–water partition coefficient (Wildman–Crippen LogP) is 5.91.